The van der Waals surface area contributed by atoms with Crippen molar-refractivity contribution in [3.05, 3.63) is 22.8 Å². The number of nitrogens with zero attached hydrogens (tertiary/aromatic N) is 2. The van der Waals surface area contributed by atoms with E-state index in [0.717, 1.165) is 37.9 Å². The summed E-state index contributed by atoms with van der Waals surface area (Å²) in [5.41, 5.74) is 3.48. The van der Waals surface area contributed by atoms with Gasteiger partial charge in [0.15, 0.2) is 23.0 Å². The van der Waals surface area contributed by atoms with Gasteiger partial charge in [-0.1, -0.05) is 13.3 Å². The Labute approximate surface area is 233 Å². The number of hydrogen-bond donors (Lipinski definition) is 4. The summed E-state index contributed by atoms with van der Waals surface area (Å²) in [5.74, 6) is -7.81. The molecular weight excluding hydrogens is 516 g/mol. The van der Waals surface area contributed by atoms with Gasteiger partial charge in [0.1, 0.15) is 17.4 Å². The number of methoxy groups -OCH3 is 1. The molecule has 1 saturated heterocycles. The molecule has 1 aliphatic heterocycles. The number of carbonyl (C=O) groups is 4. The number of phenols is 1. The minimum atomic E-state index is -2.51. The normalized spacial score (nSPS) is 34.4. The molecule has 1 aromatic carbocycles. The Morgan fingerprint density at radius 2 is 1.98 bits per heavy atom. The van der Waals surface area contributed by atoms with Crippen LogP contribution in [-0.2, 0) is 20.8 Å². The maximum atomic E-state index is 14.0. The lowest BCUT2D eigenvalue weighted by Gasteiger charge is -2.53. The zero-order valence-electron chi connectivity index (χ0n) is 23.4. The Balaban J connectivity index is 1.63. The van der Waals surface area contributed by atoms with Gasteiger partial charge in [0, 0.05) is 23.1 Å². The molecule has 0 radical (unpaired) electrons. The molecular formula is C29H38N4O7. The number of nitrogens with one attached hydrogen (secondary N) is 1. The fourth-order valence-electron chi connectivity index (χ4n) is 7.94. The number of carbonyl (C=O) groups excluding carboxylic acids is 4. The number of likely N-dealkylation sites (N-methyl/N-ethyl adjacent to an activating group) is 1. The molecule has 3 fully saturated rings. The Hall–Kier alpha value is -3.15. The number of Topliss-reactive ketones (excluding diaryl/α,β-unsaturated/α-hetero) is 3. The van der Waals surface area contributed by atoms with Crippen LogP contribution in [0.2, 0.25) is 0 Å². The Morgan fingerprint density at radius 3 is 2.58 bits per heavy atom. The molecule has 7 atom stereocenters. The van der Waals surface area contributed by atoms with E-state index in [9.17, 15) is 29.4 Å². The minimum Gasteiger partial charge on any atom is -0.507 e. The van der Waals surface area contributed by atoms with Gasteiger partial charge in [-0.2, -0.15) is 0 Å². The highest BCUT2D eigenvalue weighted by atomic mass is 16.5. The van der Waals surface area contributed by atoms with Crippen LogP contribution >= 0.6 is 0 Å². The fraction of sp³-hybridized carbons (Fsp3) is 0.621. The number of aromatic hydroxyl groups is 1. The molecule has 2 saturated carbocycles. The zero-order chi connectivity index (χ0) is 29.3. The van der Waals surface area contributed by atoms with Crippen molar-refractivity contribution in [1.29, 1.82) is 5.41 Å². The van der Waals surface area contributed by atoms with Crippen molar-refractivity contribution in [1.82, 2.24) is 9.80 Å². The van der Waals surface area contributed by atoms with Gasteiger partial charge >= 0.3 is 0 Å². The maximum Gasteiger partial charge on any atom is 0.233 e. The third kappa shape index (κ3) is 3.85. The third-order valence-corrected chi connectivity index (χ3v) is 9.68. The first-order valence-corrected chi connectivity index (χ1v) is 14.0. The van der Waals surface area contributed by atoms with Crippen molar-refractivity contribution in [2.45, 2.75) is 56.7 Å². The summed E-state index contributed by atoms with van der Waals surface area (Å²) in [7, 11) is 4.74. The molecule has 4 aliphatic rings. The van der Waals surface area contributed by atoms with Crippen LogP contribution in [0.15, 0.2) is 6.07 Å². The van der Waals surface area contributed by atoms with Crippen LogP contribution in [0.4, 0.5) is 0 Å². The summed E-state index contributed by atoms with van der Waals surface area (Å²) >= 11 is 0. The third-order valence-electron chi connectivity index (χ3n) is 9.68. The average Bonchev–Trinajstić information content (AvgIpc) is 2.90. The Bertz CT molecular complexity index is 1310. The van der Waals surface area contributed by atoms with Gasteiger partial charge in [-0.15, -0.1) is 0 Å². The zero-order valence-corrected chi connectivity index (χ0v) is 23.4. The van der Waals surface area contributed by atoms with Gasteiger partial charge in [0.05, 0.1) is 30.3 Å². The summed E-state index contributed by atoms with van der Waals surface area (Å²) < 4.78 is 5.89. The van der Waals surface area contributed by atoms with E-state index >= 15 is 0 Å². The molecule has 216 valence electrons. The first-order valence-electron chi connectivity index (χ1n) is 14.0. The number of fused-ring (bicyclic) bond motifs is 3. The quantitative estimate of drug-likeness (QED) is 0.385. The summed E-state index contributed by atoms with van der Waals surface area (Å²) in [6.45, 7) is 3.82. The molecule has 0 aromatic heterocycles. The molecule has 0 bridgehead atoms. The number of phenolic OH excluding ortho intramolecular Hbond substituents is 1. The number of aliphatic hydroxyl groups is 1. The van der Waals surface area contributed by atoms with E-state index in [1.54, 1.807) is 20.2 Å². The van der Waals surface area contributed by atoms with Crippen LogP contribution in [-0.4, -0.2) is 94.9 Å². The molecule has 5 rings (SSSR count). The number of ketones is 3. The first-order chi connectivity index (χ1) is 18.9. The second-order valence-corrected chi connectivity index (χ2v) is 11.9. The minimum absolute atomic E-state index is 0.00913. The van der Waals surface area contributed by atoms with Gasteiger partial charge in [-0.3, -0.25) is 29.0 Å². The monoisotopic (exact) mass is 554 g/mol. The number of rotatable bonds is 5. The number of amides is 1. The predicted molar refractivity (Wildman–Crippen MR) is 144 cm³/mol. The largest absolute Gasteiger partial charge is 0.507 e. The van der Waals surface area contributed by atoms with Crippen LogP contribution in [0.3, 0.4) is 0 Å². The van der Waals surface area contributed by atoms with Crippen molar-refractivity contribution in [3.8, 4) is 11.5 Å². The number of benzene rings is 1. The Morgan fingerprint density at radius 1 is 1.27 bits per heavy atom. The summed E-state index contributed by atoms with van der Waals surface area (Å²) in [4.78, 5) is 57.4. The van der Waals surface area contributed by atoms with Crippen LogP contribution < -0.4 is 10.5 Å². The summed E-state index contributed by atoms with van der Waals surface area (Å²) in [6, 6.07) is 0.516. The van der Waals surface area contributed by atoms with E-state index in [-0.39, 0.29) is 30.2 Å². The summed E-state index contributed by atoms with van der Waals surface area (Å²) in [5, 5.41) is 31.6. The van der Waals surface area contributed by atoms with Gasteiger partial charge < -0.3 is 26.1 Å². The Kier molecular flexibility index (Phi) is 7.12. The van der Waals surface area contributed by atoms with Gasteiger partial charge in [0.25, 0.3) is 0 Å². The first kappa shape index (κ1) is 28.4. The van der Waals surface area contributed by atoms with Crippen molar-refractivity contribution in [2.75, 3.05) is 34.3 Å². The van der Waals surface area contributed by atoms with Crippen molar-refractivity contribution in [2.24, 2.45) is 29.4 Å². The van der Waals surface area contributed by atoms with E-state index in [1.807, 2.05) is 0 Å². The molecule has 0 spiro atoms. The fourth-order valence-corrected chi connectivity index (χ4v) is 7.94. The number of ether oxygens (including phenoxy) is 1. The number of primary amides is 1. The van der Waals surface area contributed by atoms with Crippen LogP contribution in [0.25, 0.3) is 0 Å². The lowest BCUT2D eigenvalue weighted by atomic mass is 9.52. The number of hydrogen-bond acceptors (Lipinski definition) is 10. The molecule has 1 amide bonds. The van der Waals surface area contributed by atoms with Crippen LogP contribution in [0, 0.1) is 29.1 Å². The molecule has 11 heteroatoms. The number of likely N-dealkylation sites (tertiary alicyclic amines) is 1. The average molecular weight is 555 g/mol. The molecule has 1 heterocycles. The van der Waals surface area contributed by atoms with Crippen LogP contribution in [0.1, 0.15) is 60.1 Å². The van der Waals surface area contributed by atoms with E-state index in [4.69, 9.17) is 15.9 Å². The highest BCUT2D eigenvalue weighted by Gasteiger charge is 2.67. The van der Waals surface area contributed by atoms with Gasteiger partial charge in [-0.25, -0.2) is 0 Å². The van der Waals surface area contributed by atoms with E-state index in [2.05, 4.69) is 11.8 Å². The predicted octanol–water partition coefficient (Wildman–Crippen LogP) is 0.873. The second-order valence-electron chi connectivity index (χ2n) is 11.9. The molecule has 7 unspecified atom stereocenters. The lowest BCUT2D eigenvalue weighted by molar-refractivity contribution is -0.157. The molecule has 11 nitrogen and oxygen atoms in total. The smallest absolute Gasteiger partial charge is 0.233 e. The topological polar surface area (TPSA) is 174 Å². The number of nitrogens with two attached hydrogens (primary N) is 1. The lowest BCUT2D eigenvalue weighted by Crippen LogP contribution is -2.73. The summed E-state index contributed by atoms with van der Waals surface area (Å²) in [6.07, 6.45) is 3.29. The van der Waals surface area contributed by atoms with Gasteiger partial charge in [0.2, 0.25) is 5.91 Å². The second kappa shape index (κ2) is 10.0. The van der Waals surface area contributed by atoms with Crippen molar-refractivity contribution in [3.63, 3.8) is 0 Å². The maximum absolute atomic E-state index is 14.0. The highest BCUT2D eigenvalue weighted by molar-refractivity contribution is 6.33. The molecule has 40 heavy (non-hydrogen) atoms. The van der Waals surface area contributed by atoms with Crippen molar-refractivity contribution < 1.29 is 34.1 Å². The molecule has 3 aliphatic carbocycles. The van der Waals surface area contributed by atoms with Crippen molar-refractivity contribution >= 4 is 29.0 Å². The molecule has 5 N–H and O–H groups in total. The SMILES string of the molecule is CCN1CCCCC1c1cc(O)c2c(c1OC)CC1CC3C(N(C)C)C(=O)C(C(N)=O)C(=N)C3(O)C(=O)C1C2=O. The van der Waals surface area contributed by atoms with E-state index in [0.29, 0.717) is 11.3 Å². The standard InChI is InChI=1S/C29H38N4O7/c1-5-33-9-7-6-8-17(33)14-12-18(34)20-15(25(14)40-4)10-13-11-16-22(32(2)3)24(36)21(28(31)38)26(30)29(16,39)27(37)19(13)23(20)35/h12-13,16-17,19,21-22,30,34,39H,5-11H2,1-4H3,(H2,31,38). The van der Waals surface area contributed by atoms with E-state index in [1.165, 1.54) is 12.0 Å². The van der Waals surface area contributed by atoms with Crippen LogP contribution in [0.5, 0.6) is 11.5 Å². The molecule has 1 aromatic rings. The van der Waals surface area contributed by atoms with E-state index < -0.39 is 64.3 Å². The van der Waals surface area contributed by atoms with Gasteiger partial charge in [-0.05, 0) is 64.9 Å². The highest BCUT2D eigenvalue weighted by Crippen LogP contribution is 2.53. The number of piperidine rings is 1.